The van der Waals surface area contributed by atoms with Crippen LogP contribution in [0.2, 0.25) is 0 Å². The van der Waals surface area contributed by atoms with E-state index in [2.05, 4.69) is 12.2 Å². The predicted octanol–water partition coefficient (Wildman–Crippen LogP) is 4.77. The number of hydrogen-bond donors (Lipinski definition) is 0. The van der Waals surface area contributed by atoms with Crippen LogP contribution >= 0.6 is 0 Å². The Balaban J connectivity index is 1.68. The normalized spacial score (nSPS) is 23.3. The van der Waals surface area contributed by atoms with Gasteiger partial charge in [0.25, 0.3) is 0 Å². The summed E-state index contributed by atoms with van der Waals surface area (Å²) in [7, 11) is 1.73. The van der Waals surface area contributed by atoms with Crippen molar-refractivity contribution in [2.75, 3.05) is 13.7 Å². The number of methoxy groups -OCH3 is 1. The molecule has 1 fully saturated rings. The number of aryl methyl sites for hydroxylation is 1. The Labute approximate surface area is 121 Å². The van der Waals surface area contributed by atoms with Crippen LogP contribution in [-0.4, -0.2) is 13.7 Å². The Morgan fingerprint density at radius 3 is 2.50 bits per heavy atom. The van der Waals surface area contributed by atoms with Crippen molar-refractivity contribution in [3.05, 3.63) is 47.8 Å². The molecule has 1 aliphatic rings. The molecule has 0 spiro atoms. The van der Waals surface area contributed by atoms with Gasteiger partial charge >= 0.3 is 0 Å². The van der Waals surface area contributed by atoms with Crippen molar-refractivity contribution in [2.45, 2.75) is 38.5 Å². The van der Waals surface area contributed by atoms with Gasteiger partial charge in [-0.25, -0.2) is 4.39 Å². The zero-order valence-electron chi connectivity index (χ0n) is 12.4. The molecule has 2 rings (SSSR count). The van der Waals surface area contributed by atoms with E-state index in [1.165, 1.54) is 37.7 Å². The molecule has 0 N–H and O–H groups in total. The van der Waals surface area contributed by atoms with Crippen molar-refractivity contribution in [3.8, 4) is 0 Å². The summed E-state index contributed by atoms with van der Waals surface area (Å²) < 4.78 is 17.9. The van der Waals surface area contributed by atoms with E-state index in [0.717, 1.165) is 24.9 Å². The van der Waals surface area contributed by atoms with E-state index in [1.807, 2.05) is 12.1 Å². The van der Waals surface area contributed by atoms with Gasteiger partial charge < -0.3 is 4.74 Å². The van der Waals surface area contributed by atoms with Gasteiger partial charge in [0.1, 0.15) is 5.82 Å². The minimum absolute atomic E-state index is 0.142. The van der Waals surface area contributed by atoms with Crippen molar-refractivity contribution in [1.29, 1.82) is 0 Å². The van der Waals surface area contributed by atoms with Gasteiger partial charge in [-0.3, -0.25) is 0 Å². The highest BCUT2D eigenvalue weighted by atomic mass is 19.1. The number of allylic oxidation sites excluding steroid dienone is 1. The predicted molar refractivity (Wildman–Crippen MR) is 81.2 cm³/mol. The summed E-state index contributed by atoms with van der Waals surface area (Å²) in [4.78, 5) is 0. The van der Waals surface area contributed by atoms with Gasteiger partial charge in [-0.05, 0) is 68.1 Å². The van der Waals surface area contributed by atoms with Crippen molar-refractivity contribution in [2.24, 2.45) is 11.8 Å². The highest BCUT2D eigenvalue weighted by Crippen LogP contribution is 2.32. The first-order chi connectivity index (χ1) is 9.78. The second kappa shape index (κ2) is 8.21. The molecule has 1 aliphatic carbocycles. The molecule has 2 heteroatoms. The van der Waals surface area contributed by atoms with E-state index < -0.39 is 0 Å². The molecule has 0 heterocycles. The van der Waals surface area contributed by atoms with Gasteiger partial charge in [-0.15, -0.1) is 0 Å². The van der Waals surface area contributed by atoms with Crippen molar-refractivity contribution < 1.29 is 9.13 Å². The Bertz CT molecular complexity index is 402. The van der Waals surface area contributed by atoms with E-state index in [-0.39, 0.29) is 5.82 Å². The van der Waals surface area contributed by atoms with Gasteiger partial charge in [-0.1, -0.05) is 24.3 Å². The third kappa shape index (κ3) is 5.09. The molecule has 0 radical (unpaired) electrons. The lowest BCUT2D eigenvalue weighted by molar-refractivity contribution is 0.232. The van der Waals surface area contributed by atoms with Crippen LogP contribution in [0.25, 0.3) is 0 Å². The molecule has 110 valence electrons. The zero-order chi connectivity index (χ0) is 14.2. The summed E-state index contributed by atoms with van der Waals surface area (Å²) in [6, 6.07) is 6.95. The molecule has 0 amide bonds. The molecular weight excluding hydrogens is 251 g/mol. The maximum atomic E-state index is 12.8. The standard InChI is InChI=1S/C18H25FO/c1-20-14-2-3-15-4-6-16(7-5-15)8-9-17-10-12-18(19)13-11-17/h2-3,10-13,15-16H,4-9,14H2,1H3/t15-,16-. The average molecular weight is 276 g/mol. The first kappa shape index (κ1) is 15.2. The quantitative estimate of drug-likeness (QED) is 0.680. The fourth-order valence-corrected chi connectivity index (χ4v) is 3.04. The first-order valence-corrected chi connectivity index (χ1v) is 7.68. The first-order valence-electron chi connectivity index (χ1n) is 7.68. The topological polar surface area (TPSA) is 9.23 Å². The molecule has 0 aliphatic heterocycles. The second-order valence-corrected chi connectivity index (χ2v) is 5.83. The molecule has 1 nitrogen and oxygen atoms in total. The maximum absolute atomic E-state index is 12.8. The summed E-state index contributed by atoms with van der Waals surface area (Å²) >= 11 is 0. The SMILES string of the molecule is COCC=C[C@H]1CC[C@H](CCc2ccc(F)cc2)CC1. The number of ether oxygens (including phenoxy) is 1. The minimum atomic E-state index is -0.142. The summed E-state index contributed by atoms with van der Waals surface area (Å²) in [6.45, 7) is 0.727. The third-order valence-corrected chi connectivity index (χ3v) is 4.32. The minimum Gasteiger partial charge on any atom is -0.381 e. The molecular formula is C18H25FO. The lowest BCUT2D eigenvalue weighted by Gasteiger charge is -2.26. The third-order valence-electron chi connectivity index (χ3n) is 4.32. The second-order valence-electron chi connectivity index (χ2n) is 5.83. The Hall–Kier alpha value is -1.15. The lowest BCUT2D eigenvalue weighted by Crippen LogP contribution is -2.13. The molecule has 1 saturated carbocycles. The number of hydrogen-bond acceptors (Lipinski definition) is 1. The zero-order valence-corrected chi connectivity index (χ0v) is 12.4. The Kier molecular flexibility index (Phi) is 6.25. The van der Waals surface area contributed by atoms with E-state index in [4.69, 9.17) is 4.74 Å². The Morgan fingerprint density at radius 2 is 1.85 bits per heavy atom. The van der Waals surface area contributed by atoms with Crippen LogP contribution in [-0.2, 0) is 11.2 Å². The van der Waals surface area contributed by atoms with Gasteiger partial charge in [0.05, 0.1) is 6.61 Å². The average Bonchev–Trinajstić information content (AvgIpc) is 2.48. The smallest absolute Gasteiger partial charge is 0.123 e. The molecule has 1 aromatic rings. The summed E-state index contributed by atoms with van der Waals surface area (Å²) in [5, 5.41) is 0. The molecule has 0 aromatic heterocycles. The van der Waals surface area contributed by atoms with E-state index in [0.29, 0.717) is 0 Å². The Morgan fingerprint density at radius 1 is 1.15 bits per heavy atom. The summed E-state index contributed by atoms with van der Waals surface area (Å²) in [5.41, 5.74) is 1.26. The molecule has 20 heavy (non-hydrogen) atoms. The summed E-state index contributed by atoms with van der Waals surface area (Å²) in [6.07, 6.45) is 12.0. The fourth-order valence-electron chi connectivity index (χ4n) is 3.04. The molecule has 0 atom stereocenters. The largest absolute Gasteiger partial charge is 0.381 e. The van der Waals surface area contributed by atoms with Gasteiger partial charge in [0, 0.05) is 7.11 Å². The van der Waals surface area contributed by atoms with Crippen LogP contribution in [0.5, 0.6) is 0 Å². The summed E-state index contributed by atoms with van der Waals surface area (Å²) in [5.74, 6) is 1.44. The van der Waals surface area contributed by atoms with E-state index in [9.17, 15) is 4.39 Å². The number of halogens is 1. The number of rotatable bonds is 6. The van der Waals surface area contributed by atoms with Crippen LogP contribution in [0.15, 0.2) is 36.4 Å². The highest BCUT2D eigenvalue weighted by molar-refractivity contribution is 5.16. The van der Waals surface area contributed by atoms with Crippen LogP contribution in [0, 0.1) is 17.7 Å². The van der Waals surface area contributed by atoms with Gasteiger partial charge in [-0.2, -0.15) is 0 Å². The van der Waals surface area contributed by atoms with Crippen LogP contribution in [0.4, 0.5) is 4.39 Å². The van der Waals surface area contributed by atoms with E-state index in [1.54, 1.807) is 19.2 Å². The molecule has 1 aromatic carbocycles. The number of benzene rings is 1. The molecule has 0 unspecified atom stereocenters. The fraction of sp³-hybridized carbons (Fsp3) is 0.556. The van der Waals surface area contributed by atoms with Crippen LogP contribution in [0.1, 0.15) is 37.7 Å². The van der Waals surface area contributed by atoms with Crippen LogP contribution in [0.3, 0.4) is 0 Å². The van der Waals surface area contributed by atoms with Gasteiger partial charge in [0.2, 0.25) is 0 Å². The van der Waals surface area contributed by atoms with Gasteiger partial charge in [0.15, 0.2) is 0 Å². The van der Waals surface area contributed by atoms with Crippen molar-refractivity contribution in [3.63, 3.8) is 0 Å². The maximum Gasteiger partial charge on any atom is 0.123 e. The molecule has 0 saturated heterocycles. The van der Waals surface area contributed by atoms with E-state index >= 15 is 0 Å². The van der Waals surface area contributed by atoms with Crippen molar-refractivity contribution in [1.82, 2.24) is 0 Å². The van der Waals surface area contributed by atoms with Crippen LogP contribution < -0.4 is 0 Å². The molecule has 0 bridgehead atoms. The monoisotopic (exact) mass is 276 g/mol. The highest BCUT2D eigenvalue weighted by Gasteiger charge is 2.19. The lowest BCUT2D eigenvalue weighted by atomic mass is 9.79. The van der Waals surface area contributed by atoms with Crippen molar-refractivity contribution >= 4 is 0 Å².